The van der Waals surface area contributed by atoms with Crippen LogP contribution in [0, 0.1) is 0 Å². The molecule has 0 N–H and O–H groups in total. The predicted octanol–water partition coefficient (Wildman–Crippen LogP) is 3.59. The lowest BCUT2D eigenvalue weighted by molar-refractivity contribution is -0.140. The minimum atomic E-state index is -0.471. The second-order valence-corrected chi connectivity index (χ2v) is 4.90. The van der Waals surface area contributed by atoms with E-state index in [1.165, 1.54) is 24.3 Å². The van der Waals surface area contributed by atoms with Crippen LogP contribution < -0.4 is 0 Å². The Labute approximate surface area is 141 Å². The number of hydrogen-bond acceptors (Lipinski definition) is 4. The molecular weight excluding hydrogens is 304 g/mol. The predicted molar refractivity (Wildman–Crippen MR) is 90.8 cm³/mol. The van der Waals surface area contributed by atoms with E-state index in [0.29, 0.717) is 0 Å². The van der Waals surface area contributed by atoms with Crippen LogP contribution in [0.1, 0.15) is 11.1 Å². The first-order valence-electron chi connectivity index (χ1n) is 7.50. The van der Waals surface area contributed by atoms with Gasteiger partial charge in [0.25, 0.3) is 0 Å². The van der Waals surface area contributed by atoms with E-state index in [1.54, 1.807) is 0 Å². The van der Waals surface area contributed by atoms with Crippen molar-refractivity contribution in [3.8, 4) is 0 Å². The van der Waals surface area contributed by atoms with E-state index < -0.39 is 11.9 Å². The Morgan fingerprint density at radius 1 is 0.667 bits per heavy atom. The lowest BCUT2D eigenvalue weighted by Crippen LogP contribution is -2.01. The first kappa shape index (κ1) is 17.2. The van der Waals surface area contributed by atoms with Crippen molar-refractivity contribution in [2.24, 2.45) is 0 Å². The highest BCUT2D eigenvalue weighted by Gasteiger charge is 1.98. The Bertz CT molecular complexity index is 639. The van der Waals surface area contributed by atoms with Gasteiger partial charge in [-0.15, -0.1) is 0 Å². The maximum absolute atomic E-state index is 11.5. The number of allylic oxidation sites excluding steroid dienone is 2. The van der Waals surface area contributed by atoms with Gasteiger partial charge < -0.3 is 9.47 Å². The van der Waals surface area contributed by atoms with Crippen molar-refractivity contribution in [2.75, 3.05) is 0 Å². The highest BCUT2D eigenvalue weighted by atomic mass is 16.5. The Hall–Kier alpha value is -3.14. The van der Waals surface area contributed by atoms with Gasteiger partial charge in [0.15, 0.2) is 0 Å². The number of esters is 2. The summed E-state index contributed by atoms with van der Waals surface area (Å²) in [7, 11) is 0. The van der Waals surface area contributed by atoms with Crippen LogP contribution >= 0.6 is 0 Å². The summed E-state index contributed by atoms with van der Waals surface area (Å²) < 4.78 is 10.1. The van der Waals surface area contributed by atoms with Gasteiger partial charge in [0.05, 0.1) is 0 Å². The Morgan fingerprint density at radius 2 is 1.04 bits per heavy atom. The molecule has 0 radical (unpaired) electrons. The summed E-state index contributed by atoms with van der Waals surface area (Å²) in [6.45, 7) is 0.430. The molecule has 0 amide bonds. The minimum absolute atomic E-state index is 0.215. The van der Waals surface area contributed by atoms with Gasteiger partial charge >= 0.3 is 11.9 Å². The summed E-state index contributed by atoms with van der Waals surface area (Å²) in [6, 6.07) is 18.8. The number of benzene rings is 2. The van der Waals surface area contributed by atoms with E-state index in [0.717, 1.165) is 11.1 Å². The first-order chi connectivity index (χ1) is 11.7. The van der Waals surface area contributed by atoms with E-state index in [2.05, 4.69) is 0 Å². The molecule has 4 nitrogen and oxygen atoms in total. The van der Waals surface area contributed by atoms with Crippen LogP contribution in [0.4, 0.5) is 0 Å². The first-order valence-corrected chi connectivity index (χ1v) is 7.50. The second-order valence-electron chi connectivity index (χ2n) is 4.90. The summed E-state index contributed by atoms with van der Waals surface area (Å²) in [4.78, 5) is 23.0. The fourth-order valence-corrected chi connectivity index (χ4v) is 1.82. The molecule has 0 spiro atoms. The molecule has 0 aliphatic carbocycles. The molecule has 122 valence electrons. The minimum Gasteiger partial charge on any atom is -0.458 e. The van der Waals surface area contributed by atoms with E-state index in [9.17, 15) is 9.59 Å². The summed E-state index contributed by atoms with van der Waals surface area (Å²) >= 11 is 0. The normalized spacial score (nSPS) is 10.8. The van der Waals surface area contributed by atoms with Crippen molar-refractivity contribution in [1.82, 2.24) is 0 Å². The van der Waals surface area contributed by atoms with Gasteiger partial charge in [0.1, 0.15) is 13.2 Å². The molecule has 24 heavy (non-hydrogen) atoms. The van der Waals surface area contributed by atoms with Crippen LogP contribution in [-0.2, 0) is 32.3 Å². The summed E-state index contributed by atoms with van der Waals surface area (Å²) in [5.41, 5.74) is 1.83. The summed E-state index contributed by atoms with van der Waals surface area (Å²) in [5, 5.41) is 0. The number of carbonyl (C=O) groups excluding carboxylic acids is 2. The van der Waals surface area contributed by atoms with Gasteiger partial charge in [-0.2, -0.15) is 0 Å². The zero-order chi connectivity index (χ0) is 17.0. The molecule has 4 heteroatoms. The third kappa shape index (κ3) is 6.75. The van der Waals surface area contributed by atoms with Crippen LogP contribution in [0.25, 0.3) is 0 Å². The molecule has 0 aliphatic rings. The van der Waals surface area contributed by atoms with Gasteiger partial charge in [-0.05, 0) is 11.1 Å². The largest absolute Gasteiger partial charge is 0.458 e. The molecule has 0 saturated carbocycles. The van der Waals surface area contributed by atoms with Gasteiger partial charge in [0.2, 0.25) is 0 Å². The molecule has 0 heterocycles. The number of hydrogen-bond donors (Lipinski definition) is 0. The Kier molecular flexibility index (Phi) is 7.02. The van der Waals surface area contributed by atoms with Crippen LogP contribution in [0.2, 0.25) is 0 Å². The molecule has 0 aromatic heterocycles. The quantitative estimate of drug-likeness (QED) is 0.444. The molecule has 2 aromatic rings. The van der Waals surface area contributed by atoms with Crippen molar-refractivity contribution in [3.63, 3.8) is 0 Å². The topological polar surface area (TPSA) is 52.6 Å². The SMILES string of the molecule is O=C(/C=C\C=C/C(=O)OCc1ccccc1)OCc1ccccc1. The van der Waals surface area contributed by atoms with Crippen LogP contribution in [-0.4, -0.2) is 11.9 Å². The van der Waals surface area contributed by atoms with Crippen LogP contribution in [0.15, 0.2) is 85.0 Å². The van der Waals surface area contributed by atoms with Crippen LogP contribution in [0.3, 0.4) is 0 Å². The van der Waals surface area contributed by atoms with Crippen molar-refractivity contribution >= 4 is 11.9 Å². The van der Waals surface area contributed by atoms with Crippen molar-refractivity contribution in [3.05, 3.63) is 96.1 Å². The lowest BCUT2D eigenvalue weighted by Gasteiger charge is -2.01. The van der Waals surface area contributed by atoms with Crippen LogP contribution in [0.5, 0.6) is 0 Å². The molecule has 0 atom stereocenters. The molecular formula is C20H18O4. The van der Waals surface area contributed by atoms with Crippen molar-refractivity contribution in [2.45, 2.75) is 13.2 Å². The van der Waals surface area contributed by atoms with Crippen molar-refractivity contribution < 1.29 is 19.1 Å². The smallest absolute Gasteiger partial charge is 0.331 e. The standard InChI is InChI=1S/C20H18O4/c21-19(23-15-17-9-3-1-4-10-17)13-7-8-14-20(22)24-16-18-11-5-2-6-12-18/h1-14H,15-16H2/b13-7-,14-8-. The second kappa shape index (κ2) is 9.79. The average molecular weight is 322 g/mol. The maximum Gasteiger partial charge on any atom is 0.331 e. The molecule has 0 bridgehead atoms. The number of ether oxygens (including phenoxy) is 2. The van der Waals surface area contributed by atoms with Crippen molar-refractivity contribution in [1.29, 1.82) is 0 Å². The average Bonchev–Trinajstić information content (AvgIpc) is 2.63. The molecule has 2 aromatic carbocycles. The third-order valence-corrected chi connectivity index (χ3v) is 3.02. The molecule has 0 unspecified atom stereocenters. The van der Waals surface area contributed by atoms with E-state index in [1.807, 2.05) is 60.7 Å². The van der Waals surface area contributed by atoms with Gasteiger partial charge in [-0.25, -0.2) is 9.59 Å². The van der Waals surface area contributed by atoms with Gasteiger partial charge in [-0.3, -0.25) is 0 Å². The zero-order valence-corrected chi connectivity index (χ0v) is 13.1. The monoisotopic (exact) mass is 322 g/mol. The number of rotatable bonds is 7. The van der Waals surface area contributed by atoms with E-state index in [4.69, 9.17) is 9.47 Å². The van der Waals surface area contributed by atoms with E-state index in [-0.39, 0.29) is 13.2 Å². The highest BCUT2D eigenvalue weighted by molar-refractivity contribution is 5.84. The summed E-state index contributed by atoms with van der Waals surface area (Å²) in [6.07, 6.45) is 5.39. The molecule has 2 rings (SSSR count). The molecule has 0 aliphatic heterocycles. The third-order valence-electron chi connectivity index (χ3n) is 3.02. The van der Waals surface area contributed by atoms with E-state index >= 15 is 0 Å². The lowest BCUT2D eigenvalue weighted by atomic mass is 10.2. The number of carbonyl (C=O) groups is 2. The Morgan fingerprint density at radius 3 is 1.42 bits per heavy atom. The Balaban J connectivity index is 1.67. The summed E-state index contributed by atoms with van der Waals surface area (Å²) in [5.74, 6) is -0.942. The van der Waals surface area contributed by atoms with Gasteiger partial charge in [-0.1, -0.05) is 72.8 Å². The maximum atomic E-state index is 11.5. The molecule has 0 saturated heterocycles. The molecule has 0 fully saturated rings. The fraction of sp³-hybridized carbons (Fsp3) is 0.100. The van der Waals surface area contributed by atoms with Gasteiger partial charge in [0, 0.05) is 12.2 Å². The fourth-order valence-electron chi connectivity index (χ4n) is 1.82. The zero-order valence-electron chi connectivity index (χ0n) is 13.1. The highest BCUT2D eigenvalue weighted by Crippen LogP contribution is 2.02.